The van der Waals surface area contributed by atoms with Crippen molar-refractivity contribution >= 4 is 16.7 Å². The maximum absolute atomic E-state index is 10.9. The van der Waals surface area contributed by atoms with E-state index in [-0.39, 0.29) is 12.1 Å². The van der Waals surface area contributed by atoms with Gasteiger partial charge in [-0.05, 0) is 39.7 Å². The summed E-state index contributed by atoms with van der Waals surface area (Å²) in [6.07, 6.45) is 10.6. The quantitative estimate of drug-likeness (QED) is 0.464. The fourth-order valence-electron chi connectivity index (χ4n) is 4.61. The molecule has 0 saturated heterocycles. The molecule has 0 amide bonds. The molecule has 2 atom stereocenters. The first-order chi connectivity index (χ1) is 16.4. The van der Waals surface area contributed by atoms with Gasteiger partial charge in [-0.2, -0.15) is 15.0 Å². The zero-order valence-corrected chi connectivity index (χ0v) is 19.5. The Morgan fingerprint density at radius 1 is 1.21 bits per heavy atom. The number of fused-ring (bicyclic) bond motifs is 1. The first-order valence-electron chi connectivity index (χ1n) is 11.5. The van der Waals surface area contributed by atoms with E-state index < -0.39 is 5.60 Å². The van der Waals surface area contributed by atoms with Crippen molar-refractivity contribution in [2.24, 2.45) is 0 Å². The van der Waals surface area contributed by atoms with Crippen LogP contribution in [0.4, 0.5) is 5.69 Å². The lowest BCUT2D eigenvalue weighted by atomic mass is 9.82. The van der Waals surface area contributed by atoms with Crippen molar-refractivity contribution in [3.63, 3.8) is 0 Å². The van der Waals surface area contributed by atoms with Crippen LogP contribution in [0.25, 0.3) is 28.1 Å². The van der Waals surface area contributed by atoms with Gasteiger partial charge in [0.2, 0.25) is 0 Å². The van der Waals surface area contributed by atoms with E-state index in [2.05, 4.69) is 50.6 Å². The molecular weight excluding hydrogens is 430 g/mol. The fourth-order valence-corrected chi connectivity index (χ4v) is 4.61. The Bertz CT molecular complexity index is 1380. The van der Waals surface area contributed by atoms with E-state index in [4.69, 9.17) is 5.26 Å². The van der Waals surface area contributed by atoms with Gasteiger partial charge in [-0.25, -0.2) is 14.6 Å². The fraction of sp³-hybridized carbons (Fsp3) is 0.417. The molecule has 10 heteroatoms. The molecule has 0 radical (unpaired) electrons. The maximum Gasteiger partial charge on any atom is 0.164 e. The van der Waals surface area contributed by atoms with Crippen molar-refractivity contribution in [3.8, 4) is 23.1 Å². The van der Waals surface area contributed by atoms with Crippen LogP contribution >= 0.6 is 0 Å². The largest absolute Gasteiger partial charge is 0.388 e. The summed E-state index contributed by atoms with van der Waals surface area (Å²) in [6.45, 7) is 6.00. The zero-order valence-electron chi connectivity index (χ0n) is 19.5. The number of rotatable bonds is 5. The molecule has 0 aliphatic heterocycles. The van der Waals surface area contributed by atoms with Gasteiger partial charge in [-0.1, -0.05) is 18.1 Å². The molecule has 1 saturated carbocycles. The van der Waals surface area contributed by atoms with E-state index in [1.54, 1.807) is 27.8 Å². The molecule has 2 N–H and O–H groups in total. The summed E-state index contributed by atoms with van der Waals surface area (Å²) in [4.78, 5) is 9.03. The smallest absolute Gasteiger partial charge is 0.164 e. The SMILES string of the molecule is CC(C)Nc1cc(-n2ncc3cc(C#N)cnc32)ncc1-c1cn(C2CCCC[C@@]2(C)O)nn1. The van der Waals surface area contributed by atoms with E-state index in [1.165, 1.54) is 6.20 Å². The molecule has 1 aliphatic carbocycles. The topological polar surface area (TPSA) is 130 Å². The van der Waals surface area contributed by atoms with Crippen molar-refractivity contribution in [3.05, 3.63) is 42.5 Å². The predicted octanol–water partition coefficient (Wildman–Crippen LogP) is 3.63. The minimum absolute atomic E-state index is 0.101. The second-order valence-electron chi connectivity index (χ2n) is 9.39. The molecule has 1 unspecified atom stereocenters. The lowest BCUT2D eigenvalue weighted by Crippen LogP contribution is -2.39. The summed E-state index contributed by atoms with van der Waals surface area (Å²) < 4.78 is 3.45. The number of nitrogens with zero attached hydrogens (tertiary/aromatic N) is 8. The Balaban J connectivity index is 1.54. The molecule has 5 rings (SSSR count). The van der Waals surface area contributed by atoms with Gasteiger partial charge in [-0.15, -0.1) is 5.10 Å². The van der Waals surface area contributed by atoms with Gasteiger partial charge in [0.05, 0.1) is 29.6 Å². The van der Waals surface area contributed by atoms with E-state index in [9.17, 15) is 5.11 Å². The molecule has 4 aromatic heterocycles. The van der Waals surface area contributed by atoms with Crippen LogP contribution in [0.15, 0.2) is 36.9 Å². The molecule has 10 nitrogen and oxygen atoms in total. The number of nitrogens with one attached hydrogen (secondary N) is 1. The summed E-state index contributed by atoms with van der Waals surface area (Å²) in [7, 11) is 0. The monoisotopic (exact) mass is 457 g/mol. The van der Waals surface area contributed by atoms with E-state index in [0.717, 1.165) is 42.3 Å². The third-order valence-electron chi connectivity index (χ3n) is 6.32. The lowest BCUT2D eigenvalue weighted by Gasteiger charge is -2.36. The van der Waals surface area contributed by atoms with Gasteiger partial charge in [0, 0.05) is 41.1 Å². The number of nitriles is 1. The van der Waals surface area contributed by atoms with E-state index >= 15 is 0 Å². The summed E-state index contributed by atoms with van der Waals surface area (Å²) >= 11 is 0. The number of pyridine rings is 2. The Hall–Kier alpha value is -3.84. The summed E-state index contributed by atoms with van der Waals surface area (Å²) in [5.74, 6) is 0.599. The molecule has 1 fully saturated rings. The number of hydrogen-bond acceptors (Lipinski definition) is 8. The van der Waals surface area contributed by atoms with Crippen LogP contribution in [-0.4, -0.2) is 51.5 Å². The summed E-state index contributed by atoms with van der Waals surface area (Å²) in [6, 6.07) is 5.84. The highest BCUT2D eigenvalue weighted by molar-refractivity contribution is 5.79. The summed E-state index contributed by atoms with van der Waals surface area (Å²) in [5.41, 5.74) is 2.66. The summed E-state index contributed by atoms with van der Waals surface area (Å²) in [5, 5.41) is 37.4. The minimum Gasteiger partial charge on any atom is -0.388 e. The van der Waals surface area contributed by atoms with Crippen molar-refractivity contribution in [2.75, 3.05) is 5.32 Å². The molecule has 0 bridgehead atoms. The second-order valence-corrected chi connectivity index (χ2v) is 9.39. The second kappa shape index (κ2) is 8.50. The first kappa shape index (κ1) is 22.0. The predicted molar refractivity (Wildman–Crippen MR) is 127 cm³/mol. The highest BCUT2D eigenvalue weighted by Crippen LogP contribution is 2.37. The van der Waals surface area contributed by atoms with Crippen LogP contribution in [0.5, 0.6) is 0 Å². The van der Waals surface area contributed by atoms with E-state index in [0.29, 0.717) is 22.7 Å². The van der Waals surface area contributed by atoms with Crippen molar-refractivity contribution < 1.29 is 5.11 Å². The Labute approximate surface area is 197 Å². The molecule has 174 valence electrons. The molecule has 0 spiro atoms. The normalized spacial score (nSPS) is 20.5. The molecule has 4 aromatic rings. The van der Waals surface area contributed by atoms with Gasteiger partial charge in [0.1, 0.15) is 11.8 Å². The molecule has 0 aromatic carbocycles. The van der Waals surface area contributed by atoms with Gasteiger partial charge in [0.15, 0.2) is 11.5 Å². The van der Waals surface area contributed by atoms with E-state index in [1.807, 2.05) is 19.2 Å². The first-order valence-corrected chi connectivity index (χ1v) is 11.5. The average molecular weight is 458 g/mol. The van der Waals surface area contributed by atoms with Gasteiger partial charge < -0.3 is 10.4 Å². The average Bonchev–Trinajstić information content (AvgIpc) is 3.45. The van der Waals surface area contributed by atoms with Crippen molar-refractivity contribution in [1.29, 1.82) is 5.26 Å². The highest BCUT2D eigenvalue weighted by Gasteiger charge is 2.36. The van der Waals surface area contributed by atoms with Crippen LogP contribution in [0, 0.1) is 11.3 Å². The third-order valence-corrected chi connectivity index (χ3v) is 6.32. The number of aromatic nitrogens is 7. The Morgan fingerprint density at radius 2 is 2.06 bits per heavy atom. The van der Waals surface area contributed by atoms with Gasteiger partial charge >= 0.3 is 0 Å². The van der Waals surface area contributed by atoms with Crippen LogP contribution in [0.2, 0.25) is 0 Å². The van der Waals surface area contributed by atoms with Crippen LogP contribution in [0.3, 0.4) is 0 Å². The number of anilines is 1. The zero-order chi connectivity index (χ0) is 23.9. The molecule has 1 aliphatic rings. The standard InChI is InChI=1S/C24H27N9O/c1-15(2)29-19-9-22(33-23-17(12-28-33)8-16(10-25)11-27-23)26-13-18(19)20-14-32(31-30-20)21-6-4-5-7-24(21,3)34/h8-9,11-15,21,34H,4-7H2,1-3H3,(H,26,29)/t21?,24-/m1/s1. The van der Waals surface area contributed by atoms with Crippen molar-refractivity contribution in [2.45, 2.75) is 64.1 Å². The Kier molecular flexibility index (Phi) is 5.49. The van der Waals surface area contributed by atoms with Gasteiger partial charge in [-0.3, -0.25) is 0 Å². The lowest BCUT2D eigenvalue weighted by molar-refractivity contribution is -0.0298. The minimum atomic E-state index is -0.802. The van der Waals surface area contributed by atoms with Crippen LogP contribution < -0.4 is 5.32 Å². The molecular formula is C24H27N9O. The highest BCUT2D eigenvalue weighted by atomic mass is 16.3. The van der Waals surface area contributed by atoms with Crippen LogP contribution in [-0.2, 0) is 0 Å². The van der Waals surface area contributed by atoms with Crippen LogP contribution in [0.1, 0.15) is 58.1 Å². The maximum atomic E-state index is 10.9. The number of aliphatic hydroxyl groups is 1. The third kappa shape index (κ3) is 3.99. The Morgan fingerprint density at radius 3 is 2.82 bits per heavy atom. The van der Waals surface area contributed by atoms with Gasteiger partial charge in [0.25, 0.3) is 0 Å². The molecule has 34 heavy (non-hydrogen) atoms. The molecule has 4 heterocycles. The van der Waals surface area contributed by atoms with Crippen molar-refractivity contribution in [1.82, 2.24) is 34.7 Å². The number of hydrogen-bond donors (Lipinski definition) is 2.